The van der Waals surface area contributed by atoms with Crippen molar-refractivity contribution >= 4 is 16.0 Å². The SMILES string of the molecule is CC1=CN([C@H]2C[C@H](OS(C)(=O)=O)[C@@H](COC(c3ccccc3)(c3ccccc3)c3ccccc3)O2)CNC1=O. The predicted octanol–water partition coefficient (Wildman–Crippen LogP) is 3.75. The van der Waals surface area contributed by atoms with Gasteiger partial charge in [-0.3, -0.25) is 8.98 Å². The van der Waals surface area contributed by atoms with Gasteiger partial charge in [-0.2, -0.15) is 8.42 Å². The molecule has 0 spiro atoms. The third-order valence-electron chi connectivity index (χ3n) is 6.99. The Labute approximate surface area is 229 Å². The summed E-state index contributed by atoms with van der Waals surface area (Å²) in [5.74, 6) is -0.147. The van der Waals surface area contributed by atoms with Gasteiger partial charge >= 0.3 is 0 Å². The number of hydrogen-bond acceptors (Lipinski definition) is 7. The lowest BCUT2D eigenvalue weighted by Gasteiger charge is -2.37. The van der Waals surface area contributed by atoms with E-state index in [1.807, 2.05) is 95.9 Å². The van der Waals surface area contributed by atoms with Crippen LogP contribution in [0.25, 0.3) is 0 Å². The molecule has 1 N–H and O–H groups in total. The van der Waals surface area contributed by atoms with Crippen LogP contribution in [-0.2, 0) is 34.2 Å². The highest BCUT2D eigenvalue weighted by atomic mass is 32.2. The van der Waals surface area contributed by atoms with Gasteiger partial charge in [-0.1, -0.05) is 91.0 Å². The van der Waals surface area contributed by atoms with E-state index in [0.29, 0.717) is 5.57 Å². The van der Waals surface area contributed by atoms with Gasteiger partial charge in [-0.15, -0.1) is 0 Å². The molecule has 2 aliphatic rings. The number of hydrogen-bond donors (Lipinski definition) is 1. The van der Waals surface area contributed by atoms with Crippen LogP contribution in [0.5, 0.6) is 0 Å². The Hall–Kier alpha value is -3.50. The Morgan fingerprint density at radius 2 is 1.44 bits per heavy atom. The second kappa shape index (κ2) is 11.3. The smallest absolute Gasteiger partial charge is 0.264 e. The molecule has 39 heavy (non-hydrogen) atoms. The van der Waals surface area contributed by atoms with Crippen molar-refractivity contribution in [2.45, 2.75) is 37.4 Å². The Kier molecular flexibility index (Phi) is 7.86. The molecule has 1 fully saturated rings. The Morgan fingerprint density at radius 1 is 0.923 bits per heavy atom. The van der Waals surface area contributed by atoms with Gasteiger partial charge in [0.25, 0.3) is 10.1 Å². The number of rotatable bonds is 9. The molecule has 1 saturated heterocycles. The monoisotopic (exact) mass is 548 g/mol. The minimum Gasteiger partial charge on any atom is -0.358 e. The summed E-state index contributed by atoms with van der Waals surface area (Å²) in [6, 6.07) is 29.8. The Bertz CT molecular complexity index is 1320. The molecule has 0 unspecified atom stereocenters. The summed E-state index contributed by atoms with van der Waals surface area (Å²) < 4.78 is 43.1. The molecule has 3 aromatic rings. The fourth-order valence-corrected chi connectivity index (χ4v) is 5.85. The predicted molar refractivity (Wildman–Crippen MR) is 147 cm³/mol. The zero-order valence-corrected chi connectivity index (χ0v) is 22.7. The van der Waals surface area contributed by atoms with Gasteiger partial charge < -0.3 is 19.7 Å². The molecule has 0 bridgehead atoms. The van der Waals surface area contributed by atoms with E-state index < -0.39 is 34.2 Å². The van der Waals surface area contributed by atoms with E-state index >= 15 is 0 Å². The van der Waals surface area contributed by atoms with Crippen LogP contribution in [0.15, 0.2) is 103 Å². The van der Waals surface area contributed by atoms with Crippen LogP contribution in [0, 0.1) is 0 Å². The van der Waals surface area contributed by atoms with Crippen molar-refractivity contribution < 1.29 is 26.9 Å². The van der Waals surface area contributed by atoms with Crippen LogP contribution < -0.4 is 5.32 Å². The molecule has 1 amide bonds. The summed E-state index contributed by atoms with van der Waals surface area (Å²) in [7, 11) is -3.76. The molecule has 8 nitrogen and oxygen atoms in total. The average molecular weight is 549 g/mol. The first-order valence-corrected chi connectivity index (χ1v) is 14.6. The standard InChI is InChI=1S/C30H32N2O6S/c1-22-19-32(21-31-29(22)33)28-18-26(38-39(2,34)35)27(37-28)20-36-30(23-12-6-3-7-13-23,24-14-8-4-9-15-24)25-16-10-5-11-17-25/h3-17,19,26-28H,18,20-21H2,1-2H3,(H,31,33)/t26-,27+,28+/m0/s1. The van der Waals surface area contributed by atoms with Crippen LogP contribution in [0.3, 0.4) is 0 Å². The molecular formula is C30H32N2O6S. The number of nitrogens with one attached hydrogen (secondary N) is 1. The lowest BCUT2D eigenvalue weighted by atomic mass is 9.80. The first-order valence-electron chi connectivity index (χ1n) is 12.8. The average Bonchev–Trinajstić information content (AvgIpc) is 3.33. The van der Waals surface area contributed by atoms with Crippen LogP contribution >= 0.6 is 0 Å². The zero-order chi connectivity index (χ0) is 27.5. The van der Waals surface area contributed by atoms with E-state index in [4.69, 9.17) is 13.7 Å². The minimum atomic E-state index is -3.76. The van der Waals surface area contributed by atoms with E-state index in [1.165, 1.54) is 0 Å². The maximum absolute atomic E-state index is 12.2. The lowest BCUT2D eigenvalue weighted by molar-refractivity contribution is -0.122. The van der Waals surface area contributed by atoms with Crippen LogP contribution in [0.2, 0.25) is 0 Å². The highest BCUT2D eigenvalue weighted by Crippen LogP contribution is 2.41. The number of benzene rings is 3. The minimum absolute atomic E-state index is 0.0538. The van der Waals surface area contributed by atoms with E-state index in [1.54, 1.807) is 13.1 Å². The quantitative estimate of drug-likeness (QED) is 0.322. The van der Waals surface area contributed by atoms with Crippen molar-refractivity contribution in [3.63, 3.8) is 0 Å². The van der Waals surface area contributed by atoms with Gasteiger partial charge in [0, 0.05) is 18.2 Å². The fraction of sp³-hybridized carbons (Fsp3) is 0.300. The fourth-order valence-electron chi connectivity index (χ4n) is 5.20. The van der Waals surface area contributed by atoms with Gasteiger partial charge in [0.1, 0.15) is 24.0 Å². The summed E-state index contributed by atoms with van der Waals surface area (Å²) in [5.41, 5.74) is 2.33. The van der Waals surface area contributed by atoms with E-state index in [0.717, 1.165) is 22.9 Å². The maximum atomic E-state index is 12.2. The second-order valence-corrected chi connectivity index (χ2v) is 11.4. The molecule has 2 heterocycles. The van der Waals surface area contributed by atoms with Gasteiger partial charge in [-0.05, 0) is 23.6 Å². The first kappa shape index (κ1) is 27.1. The third kappa shape index (κ3) is 5.91. The molecule has 0 radical (unpaired) electrons. The number of nitrogens with zero attached hydrogens (tertiary/aromatic N) is 1. The van der Waals surface area contributed by atoms with Gasteiger partial charge in [0.2, 0.25) is 5.91 Å². The van der Waals surface area contributed by atoms with Gasteiger partial charge in [-0.25, -0.2) is 0 Å². The summed E-state index contributed by atoms with van der Waals surface area (Å²) in [6.07, 6.45) is 1.09. The second-order valence-electron chi connectivity index (χ2n) is 9.78. The van der Waals surface area contributed by atoms with E-state index in [9.17, 15) is 13.2 Å². The highest BCUT2D eigenvalue weighted by Gasteiger charge is 2.44. The number of carbonyl (C=O) groups excluding carboxylic acids is 1. The van der Waals surface area contributed by atoms with Crippen molar-refractivity contribution in [2.24, 2.45) is 0 Å². The third-order valence-corrected chi connectivity index (χ3v) is 7.59. The molecule has 3 atom stereocenters. The molecular weight excluding hydrogens is 516 g/mol. The van der Waals surface area contributed by atoms with Crippen LogP contribution in [0.4, 0.5) is 0 Å². The van der Waals surface area contributed by atoms with Crippen molar-refractivity contribution in [1.82, 2.24) is 10.2 Å². The van der Waals surface area contributed by atoms with E-state index in [-0.39, 0.29) is 25.6 Å². The number of ether oxygens (including phenoxy) is 2. The molecule has 9 heteroatoms. The molecule has 0 aliphatic carbocycles. The van der Waals surface area contributed by atoms with Gasteiger partial charge in [0.15, 0.2) is 0 Å². The number of carbonyl (C=O) groups is 1. The summed E-state index contributed by atoms with van der Waals surface area (Å²) >= 11 is 0. The highest BCUT2D eigenvalue weighted by molar-refractivity contribution is 7.86. The summed E-state index contributed by atoms with van der Waals surface area (Å²) in [5, 5.41) is 2.81. The molecule has 5 rings (SSSR count). The van der Waals surface area contributed by atoms with Crippen molar-refractivity contribution in [3.05, 3.63) is 119 Å². The van der Waals surface area contributed by atoms with Gasteiger partial charge in [0.05, 0.1) is 19.5 Å². The normalized spacial score (nSPS) is 21.9. The zero-order valence-electron chi connectivity index (χ0n) is 21.9. The maximum Gasteiger partial charge on any atom is 0.264 e. The molecule has 204 valence electrons. The Morgan fingerprint density at radius 3 is 1.90 bits per heavy atom. The van der Waals surface area contributed by atoms with Crippen LogP contribution in [-0.4, -0.2) is 57.2 Å². The first-order chi connectivity index (χ1) is 18.8. The molecule has 3 aromatic carbocycles. The largest absolute Gasteiger partial charge is 0.358 e. The topological polar surface area (TPSA) is 94.2 Å². The van der Waals surface area contributed by atoms with Crippen molar-refractivity contribution in [2.75, 3.05) is 19.5 Å². The van der Waals surface area contributed by atoms with Crippen molar-refractivity contribution in [1.29, 1.82) is 0 Å². The molecule has 0 saturated carbocycles. The van der Waals surface area contributed by atoms with Crippen molar-refractivity contribution in [3.8, 4) is 0 Å². The molecule has 2 aliphatic heterocycles. The summed E-state index contributed by atoms with van der Waals surface area (Å²) in [4.78, 5) is 13.8. The lowest BCUT2D eigenvalue weighted by Crippen LogP contribution is -2.45. The molecule has 0 aromatic heterocycles. The summed E-state index contributed by atoms with van der Waals surface area (Å²) in [6.45, 7) is 2.02. The van der Waals surface area contributed by atoms with E-state index in [2.05, 4.69) is 5.32 Å². The number of amides is 1. The Balaban J connectivity index is 1.51. The van der Waals surface area contributed by atoms with Crippen LogP contribution in [0.1, 0.15) is 30.0 Å².